The first-order valence-corrected chi connectivity index (χ1v) is 7.14. The van der Waals surface area contributed by atoms with E-state index in [-0.39, 0.29) is 6.04 Å². The van der Waals surface area contributed by atoms with E-state index in [0.717, 1.165) is 6.42 Å². The second-order valence-electron chi connectivity index (χ2n) is 6.61. The molecule has 1 fully saturated rings. The Kier molecular flexibility index (Phi) is 4.21. The summed E-state index contributed by atoms with van der Waals surface area (Å²) >= 11 is 0. The molecule has 2 amide bonds. The van der Waals surface area contributed by atoms with Gasteiger partial charge in [0.2, 0.25) is 0 Å². The van der Waals surface area contributed by atoms with E-state index in [2.05, 4.69) is 10.6 Å². The SMILES string of the molecule is CC(C)(C)C(NC(=O)NC1CC1c1ccccc1)C(=O)O. The van der Waals surface area contributed by atoms with Gasteiger partial charge in [0.1, 0.15) is 6.04 Å². The van der Waals surface area contributed by atoms with E-state index in [1.54, 1.807) is 20.8 Å². The summed E-state index contributed by atoms with van der Waals surface area (Å²) in [4.78, 5) is 23.2. The van der Waals surface area contributed by atoms with Gasteiger partial charge in [-0.05, 0) is 17.4 Å². The van der Waals surface area contributed by atoms with Crippen LogP contribution < -0.4 is 10.6 Å². The number of hydrogen-bond acceptors (Lipinski definition) is 2. The Morgan fingerprint density at radius 3 is 2.38 bits per heavy atom. The Morgan fingerprint density at radius 1 is 1.24 bits per heavy atom. The van der Waals surface area contributed by atoms with Gasteiger partial charge >= 0.3 is 12.0 Å². The number of amides is 2. The van der Waals surface area contributed by atoms with Crippen LogP contribution in [0.15, 0.2) is 30.3 Å². The smallest absolute Gasteiger partial charge is 0.326 e. The van der Waals surface area contributed by atoms with Gasteiger partial charge in [0.25, 0.3) is 0 Å². The summed E-state index contributed by atoms with van der Waals surface area (Å²) in [5.41, 5.74) is 0.666. The molecule has 1 aliphatic carbocycles. The van der Waals surface area contributed by atoms with Gasteiger partial charge in [-0.1, -0.05) is 51.1 Å². The molecule has 0 radical (unpaired) electrons. The van der Waals surface area contributed by atoms with Crippen molar-refractivity contribution in [3.8, 4) is 0 Å². The third-order valence-corrected chi connectivity index (χ3v) is 3.72. The van der Waals surface area contributed by atoms with Crippen molar-refractivity contribution in [1.29, 1.82) is 0 Å². The summed E-state index contributed by atoms with van der Waals surface area (Å²) in [6.45, 7) is 5.36. The van der Waals surface area contributed by atoms with Crippen LogP contribution in [-0.2, 0) is 4.79 Å². The van der Waals surface area contributed by atoms with Crippen LogP contribution >= 0.6 is 0 Å². The first-order valence-electron chi connectivity index (χ1n) is 7.14. The van der Waals surface area contributed by atoms with E-state index in [0.29, 0.717) is 5.92 Å². The summed E-state index contributed by atoms with van der Waals surface area (Å²) in [5, 5.41) is 14.6. The normalized spacial score (nSPS) is 22.2. The average molecular weight is 290 g/mol. The minimum absolute atomic E-state index is 0.0850. The molecule has 1 aromatic carbocycles. The first-order chi connectivity index (χ1) is 9.79. The number of carbonyl (C=O) groups excluding carboxylic acids is 1. The molecule has 0 saturated heterocycles. The highest BCUT2D eigenvalue weighted by Gasteiger charge is 2.40. The van der Waals surface area contributed by atoms with Gasteiger partial charge in [-0.3, -0.25) is 0 Å². The van der Waals surface area contributed by atoms with Gasteiger partial charge in [-0.15, -0.1) is 0 Å². The molecule has 5 nitrogen and oxygen atoms in total. The zero-order chi connectivity index (χ0) is 15.6. The predicted molar refractivity (Wildman–Crippen MR) is 80.1 cm³/mol. The van der Waals surface area contributed by atoms with E-state index in [1.807, 2.05) is 30.3 Å². The van der Waals surface area contributed by atoms with E-state index >= 15 is 0 Å². The molecule has 21 heavy (non-hydrogen) atoms. The summed E-state index contributed by atoms with van der Waals surface area (Å²) in [5.74, 6) is -0.692. The largest absolute Gasteiger partial charge is 0.480 e. The van der Waals surface area contributed by atoms with Crippen molar-refractivity contribution in [3.05, 3.63) is 35.9 Å². The van der Waals surface area contributed by atoms with Crippen LogP contribution in [0.25, 0.3) is 0 Å². The van der Waals surface area contributed by atoms with Gasteiger partial charge in [0.15, 0.2) is 0 Å². The molecule has 0 spiro atoms. The van der Waals surface area contributed by atoms with Crippen LogP contribution in [0.1, 0.15) is 38.7 Å². The topological polar surface area (TPSA) is 78.4 Å². The summed E-state index contributed by atoms with van der Waals surface area (Å²) in [6.07, 6.45) is 0.894. The van der Waals surface area contributed by atoms with E-state index < -0.39 is 23.5 Å². The van der Waals surface area contributed by atoms with Crippen LogP contribution in [0.2, 0.25) is 0 Å². The molecule has 5 heteroatoms. The number of nitrogens with one attached hydrogen (secondary N) is 2. The maximum absolute atomic E-state index is 11.9. The van der Waals surface area contributed by atoms with Gasteiger partial charge in [0, 0.05) is 12.0 Å². The molecule has 3 N–H and O–H groups in total. The highest BCUT2D eigenvalue weighted by Crippen LogP contribution is 2.40. The zero-order valence-corrected chi connectivity index (χ0v) is 12.6. The summed E-state index contributed by atoms with van der Waals surface area (Å²) < 4.78 is 0. The molecule has 0 aromatic heterocycles. The molecule has 3 atom stereocenters. The lowest BCUT2D eigenvalue weighted by Crippen LogP contribution is -2.52. The summed E-state index contributed by atoms with van der Waals surface area (Å²) in [6, 6.07) is 8.75. The van der Waals surface area contributed by atoms with Gasteiger partial charge in [0.05, 0.1) is 0 Å². The Labute approximate surface area is 124 Å². The number of urea groups is 1. The number of carboxylic acid groups (broad SMARTS) is 1. The van der Waals surface area contributed by atoms with Crippen LogP contribution in [0, 0.1) is 5.41 Å². The van der Waals surface area contributed by atoms with Gasteiger partial charge in [-0.2, -0.15) is 0 Å². The number of carboxylic acids is 1. The number of rotatable bonds is 4. The molecule has 0 bridgehead atoms. The lowest BCUT2D eigenvalue weighted by Gasteiger charge is -2.27. The van der Waals surface area contributed by atoms with Crippen molar-refractivity contribution in [1.82, 2.24) is 10.6 Å². The molecular formula is C16H22N2O3. The molecular weight excluding hydrogens is 268 g/mol. The van der Waals surface area contributed by atoms with E-state index in [9.17, 15) is 14.7 Å². The van der Waals surface area contributed by atoms with Crippen molar-refractivity contribution >= 4 is 12.0 Å². The van der Waals surface area contributed by atoms with Crippen molar-refractivity contribution in [2.24, 2.45) is 5.41 Å². The lowest BCUT2D eigenvalue weighted by molar-refractivity contribution is -0.141. The third-order valence-electron chi connectivity index (χ3n) is 3.72. The molecule has 114 valence electrons. The molecule has 1 saturated carbocycles. The van der Waals surface area contributed by atoms with E-state index in [1.165, 1.54) is 5.56 Å². The van der Waals surface area contributed by atoms with Crippen molar-refractivity contribution in [2.45, 2.75) is 45.2 Å². The quantitative estimate of drug-likeness (QED) is 0.796. The monoisotopic (exact) mass is 290 g/mol. The van der Waals surface area contributed by atoms with Crippen molar-refractivity contribution in [3.63, 3.8) is 0 Å². The molecule has 3 unspecified atom stereocenters. The molecule has 2 rings (SSSR count). The summed E-state index contributed by atoms with van der Waals surface area (Å²) in [7, 11) is 0. The fourth-order valence-electron chi connectivity index (χ4n) is 2.41. The highest BCUT2D eigenvalue weighted by atomic mass is 16.4. The zero-order valence-electron chi connectivity index (χ0n) is 12.6. The second-order valence-corrected chi connectivity index (χ2v) is 6.61. The van der Waals surface area contributed by atoms with Crippen LogP contribution in [0.4, 0.5) is 4.79 Å². The van der Waals surface area contributed by atoms with Crippen LogP contribution in [0.3, 0.4) is 0 Å². The second kappa shape index (κ2) is 5.76. The number of carbonyl (C=O) groups is 2. The Balaban J connectivity index is 1.88. The Hall–Kier alpha value is -2.04. The van der Waals surface area contributed by atoms with Crippen LogP contribution in [0.5, 0.6) is 0 Å². The average Bonchev–Trinajstić information content (AvgIpc) is 3.14. The van der Waals surface area contributed by atoms with Gasteiger partial charge in [-0.25, -0.2) is 9.59 Å². The van der Waals surface area contributed by atoms with Crippen LogP contribution in [-0.4, -0.2) is 29.2 Å². The Bertz CT molecular complexity index is 522. The third kappa shape index (κ3) is 3.97. The van der Waals surface area contributed by atoms with Crippen molar-refractivity contribution in [2.75, 3.05) is 0 Å². The maximum atomic E-state index is 11.9. The fourth-order valence-corrected chi connectivity index (χ4v) is 2.41. The number of benzene rings is 1. The Morgan fingerprint density at radius 2 is 1.86 bits per heavy atom. The predicted octanol–water partition coefficient (Wildman–Crippen LogP) is 2.34. The number of aliphatic carboxylic acids is 1. The maximum Gasteiger partial charge on any atom is 0.326 e. The first kappa shape index (κ1) is 15.4. The number of hydrogen-bond donors (Lipinski definition) is 3. The molecule has 0 heterocycles. The van der Waals surface area contributed by atoms with Crippen molar-refractivity contribution < 1.29 is 14.7 Å². The standard InChI is InChI=1S/C16H22N2O3/c1-16(2,3)13(14(19)20)18-15(21)17-12-9-11(12)10-7-5-4-6-8-10/h4-8,11-13H,9H2,1-3H3,(H,19,20)(H2,17,18,21). The lowest BCUT2D eigenvalue weighted by atomic mass is 9.87. The molecule has 1 aliphatic rings. The highest BCUT2D eigenvalue weighted by molar-refractivity contribution is 5.83. The van der Waals surface area contributed by atoms with Gasteiger partial charge < -0.3 is 15.7 Å². The molecule has 0 aliphatic heterocycles. The fraction of sp³-hybridized carbons (Fsp3) is 0.500. The van der Waals surface area contributed by atoms with E-state index in [4.69, 9.17) is 0 Å². The minimum atomic E-state index is -1.02. The minimum Gasteiger partial charge on any atom is -0.480 e. The molecule has 1 aromatic rings.